The zero-order chi connectivity index (χ0) is 17.8. The molecule has 0 aliphatic heterocycles. The molecule has 6 nitrogen and oxygen atoms in total. The van der Waals surface area contributed by atoms with E-state index >= 15 is 0 Å². The van der Waals surface area contributed by atoms with Crippen LogP contribution in [-0.4, -0.2) is 35.6 Å². The Kier molecular flexibility index (Phi) is 5.14. The van der Waals surface area contributed by atoms with Crippen LogP contribution in [0.1, 0.15) is 13.8 Å². The number of carbonyl (C=O) groups is 1. The van der Waals surface area contributed by atoms with Crippen LogP contribution in [0, 0.1) is 0 Å². The van der Waals surface area contributed by atoms with Crippen molar-refractivity contribution in [3.8, 4) is 16.9 Å². The molecule has 0 unspecified atom stereocenters. The van der Waals surface area contributed by atoms with Crippen LogP contribution in [0.5, 0.6) is 5.75 Å². The summed E-state index contributed by atoms with van der Waals surface area (Å²) >= 11 is 1.56. The number of hydrogen-bond donors (Lipinski definition) is 2. The van der Waals surface area contributed by atoms with E-state index in [4.69, 9.17) is 4.74 Å². The van der Waals surface area contributed by atoms with E-state index in [9.17, 15) is 4.79 Å². The number of amides is 1. The largest absolute Gasteiger partial charge is 0.497 e. The number of carbonyl (C=O) groups excluding carboxylic acids is 1. The van der Waals surface area contributed by atoms with Gasteiger partial charge in [-0.15, -0.1) is 11.3 Å². The van der Waals surface area contributed by atoms with Gasteiger partial charge in [0.15, 0.2) is 0 Å². The fourth-order valence-electron chi connectivity index (χ4n) is 2.57. The Morgan fingerprint density at radius 1 is 1.28 bits per heavy atom. The van der Waals surface area contributed by atoms with Gasteiger partial charge in [0.25, 0.3) is 0 Å². The SMILES string of the molecule is CCNC(=O)[C@@H](C)Nc1ncnc2scc(-c3ccc(OC)cc3)c12. The van der Waals surface area contributed by atoms with E-state index in [1.165, 1.54) is 6.33 Å². The molecule has 0 aliphatic rings. The van der Waals surface area contributed by atoms with Crippen LogP contribution < -0.4 is 15.4 Å². The highest BCUT2D eigenvalue weighted by molar-refractivity contribution is 7.17. The minimum atomic E-state index is -0.387. The van der Waals surface area contributed by atoms with Crippen LogP contribution in [0.3, 0.4) is 0 Å². The molecule has 0 saturated carbocycles. The number of nitrogens with one attached hydrogen (secondary N) is 2. The van der Waals surface area contributed by atoms with Gasteiger partial charge in [-0.05, 0) is 31.5 Å². The lowest BCUT2D eigenvalue weighted by Gasteiger charge is -2.15. The highest BCUT2D eigenvalue weighted by Gasteiger charge is 2.17. The zero-order valence-electron chi connectivity index (χ0n) is 14.4. The molecule has 1 atom stereocenters. The molecule has 2 aromatic heterocycles. The lowest BCUT2D eigenvalue weighted by Crippen LogP contribution is -2.37. The minimum absolute atomic E-state index is 0.0597. The predicted molar refractivity (Wildman–Crippen MR) is 101 cm³/mol. The lowest BCUT2D eigenvalue weighted by atomic mass is 10.1. The maximum absolute atomic E-state index is 12.0. The number of rotatable bonds is 6. The molecule has 0 radical (unpaired) electrons. The summed E-state index contributed by atoms with van der Waals surface area (Å²) in [5.41, 5.74) is 2.09. The third kappa shape index (κ3) is 3.56. The highest BCUT2D eigenvalue weighted by Crippen LogP contribution is 2.37. The molecule has 0 bridgehead atoms. The van der Waals surface area contributed by atoms with E-state index in [0.717, 1.165) is 27.1 Å². The normalized spacial score (nSPS) is 12.0. The first-order valence-corrected chi connectivity index (χ1v) is 8.92. The molecule has 1 aromatic carbocycles. The van der Waals surface area contributed by atoms with Crippen molar-refractivity contribution in [3.63, 3.8) is 0 Å². The average molecular weight is 356 g/mol. The smallest absolute Gasteiger partial charge is 0.242 e. The van der Waals surface area contributed by atoms with E-state index in [-0.39, 0.29) is 11.9 Å². The number of anilines is 1. The number of hydrogen-bond acceptors (Lipinski definition) is 6. The second-order valence-corrected chi connectivity index (χ2v) is 6.40. The molecule has 3 rings (SSSR count). The number of fused-ring (bicyclic) bond motifs is 1. The number of benzene rings is 1. The molecule has 7 heteroatoms. The molecule has 3 aromatic rings. The second kappa shape index (κ2) is 7.48. The van der Waals surface area contributed by atoms with Gasteiger partial charge in [-0.1, -0.05) is 12.1 Å². The Balaban J connectivity index is 1.99. The molecule has 25 heavy (non-hydrogen) atoms. The molecule has 130 valence electrons. The first-order chi connectivity index (χ1) is 12.1. The number of aromatic nitrogens is 2. The summed E-state index contributed by atoms with van der Waals surface area (Å²) in [6.07, 6.45) is 1.52. The first kappa shape index (κ1) is 17.2. The van der Waals surface area contributed by atoms with Crippen molar-refractivity contribution in [1.82, 2.24) is 15.3 Å². The van der Waals surface area contributed by atoms with E-state index in [1.807, 2.05) is 38.1 Å². The van der Waals surface area contributed by atoms with Crippen molar-refractivity contribution in [1.29, 1.82) is 0 Å². The average Bonchev–Trinajstić information content (AvgIpc) is 3.07. The third-order valence-electron chi connectivity index (χ3n) is 3.87. The molecule has 0 aliphatic carbocycles. The summed E-state index contributed by atoms with van der Waals surface area (Å²) in [4.78, 5) is 21.6. The van der Waals surface area contributed by atoms with Crippen molar-refractivity contribution in [2.75, 3.05) is 19.0 Å². The standard InChI is InChI=1S/C18H20N4O2S/c1-4-19-17(23)11(2)22-16-15-14(9-25-18(15)21-10-20-16)12-5-7-13(24-3)8-6-12/h5-11H,4H2,1-3H3,(H,19,23)(H,20,21,22)/t11-/m1/s1. The number of nitrogens with zero attached hydrogens (tertiary/aromatic N) is 2. The fraction of sp³-hybridized carbons (Fsp3) is 0.278. The molecule has 0 saturated heterocycles. The van der Waals surface area contributed by atoms with Gasteiger partial charge in [0.05, 0.1) is 12.5 Å². The Morgan fingerprint density at radius 3 is 2.72 bits per heavy atom. The van der Waals surface area contributed by atoms with Gasteiger partial charge in [-0.25, -0.2) is 9.97 Å². The summed E-state index contributed by atoms with van der Waals surface area (Å²) < 4.78 is 5.22. The zero-order valence-corrected chi connectivity index (χ0v) is 15.2. The Bertz CT molecular complexity index is 876. The van der Waals surface area contributed by atoms with E-state index in [0.29, 0.717) is 12.4 Å². The summed E-state index contributed by atoms with van der Waals surface area (Å²) in [6.45, 7) is 4.31. The monoisotopic (exact) mass is 356 g/mol. The van der Waals surface area contributed by atoms with Crippen LogP contribution in [0.4, 0.5) is 5.82 Å². The Labute approximate surface area is 150 Å². The highest BCUT2D eigenvalue weighted by atomic mass is 32.1. The minimum Gasteiger partial charge on any atom is -0.497 e. The van der Waals surface area contributed by atoms with Crippen molar-refractivity contribution in [3.05, 3.63) is 36.0 Å². The molecule has 2 N–H and O–H groups in total. The van der Waals surface area contributed by atoms with E-state index in [1.54, 1.807) is 18.4 Å². The topological polar surface area (TPSA) is 76.1 Å². The lowest BCUT2D eigenvalue weighted by molar-refractivity contribution is -0.121. The van der Waals surface area contributed by atoms with Crippen molar-refractivity contribution >= 4 is 33.3 Å². The van der Waals surface area contributed by atoms with Gasteiger partial charge in [-0.3, -0.25) is 4.79 Å². The van der Waals surface area contributed by atoms with Crippen LogP contribution in [0.25, 0.3) is 21.3 Å². The van der Waals surface area contributed by atoms with Gasteiger partial charge in [-0.2, -0.15) is 0 Å². The number of thiophene rings is 1. The first-order valence-electron chi connectivity index (χ1n) is 8.05. The van der Waals surface area contributed by atoms with Crippen molar-refractivity contribution in [2.45, 2.75) is 19.9 Å². The van der Waals surface area contributed by atoms with Gasteiger partial charge in [0.1, 0.15) is 28.8 Å². The fourth-order valence-corrected chi connectivity index (χ4v) is 3.48. The summed E-state index contributed by atoms with van der Waals surface area (Å²) in [5, 5.41) is 9.00. The maximum atomic E-state index is 12.0. The van der Waals surface area contributed by atoms with E-state index < -0.39 is 0 Å². The van der Waals surface area contributed by atoms with Gasteiger partial charge in [0, 0.05) is 17.5 Å². The predicted octanol–water partition coefficient (Wildman–Crippen LogP) is 3.30. The molecular weight excluding hydrogens is 336 g/mol. The maximum Gasteiger partial charge on any atom is 0.242 e. The van der Waals surface area contributed by atoms with Gasteiger partial charge >= 0.3 is 0 Å². The van der Waals surface area contributed by atoms with Crippen LogP contribution >= 0.6 is 11.3 Å². The second-order valence-electron chi connectivity index (χ2n) is 5.54. The van der Waals surface area contributed by atoms with Crippen LogP contribution in [0.15, 0.2) is 36.0 Å². The summed E-state index contributed by atoms with van der Waals surface area (Å²) in [6, 6.07) is 7.47. The molecule has 0 spiro atoms. The summed E-state index contributed by atoms with van der Waals surface area (Å²) in [5.74, 6) is 1.41. The number of ether oxygens (including phenoxy) is 1. The van der Waals surface area contributed by atoms with Crippen molar-refractivity contribution < 1.29 is 9.53 Å². The third-order valence-corrected chi connectivity index (χ3v) is 4.76. The van der Waals surface area contributed by atoms with Crippen LogP contribution in [-0.2, 0) is 4.79 Å². The Hall–Kier alpha value is -2.67. The molecule has 0 fully saturated rings. The number of likely N-dealkylation sites (N-methyl/N-ethyl adjacent to an activating group) is 1. The van der Waals surface area contributed by atoms with Crippen molar-refractivity contribution in [2.24, 2.45) is 0 Å². The van der Waals surface area contributed by atoms with Gasteiger partial charge < -0.3 is 15.4 Å². The van der Waals surface area contributed by atoms with E-state index in [2.05, 4.69) is 26.0 Å². The summed E-state index contributed by atoms with van der Waals surface area (Å²) in [7, 11) is 1.65. The van der Waals surface area contributed by atoms with Crippen LogP contribution in [0.2, 0.25) is 0 Å². The molecular formula is C18H20N4O2S. The number of methoxy groups -OCH3 is 1. The Morgan fingerprint density at radius 2 is 2.04 bits per heavy atom. The molecule has 1 amide bonds. The molecule has 2 heterocycles. The van der Waals surface area contributed by atoms with Gasteiger partial charge in [0.2, 0.25) is 5.91 Å². The quantitative estimate of drug-likeness (QED) is 0.709.